The summed E-state index contributed by atoms with van der Waals surface area (Å²) < 4.78 is 23.9. The molecule has 0 amide bonds. The van der Waals surface area contributed by atoms with Crippen LogP contribution >= 0.6 is 27.5 Å². The molecule has 1 aliphatic rings. The molecule has 1 heterocycles. The van der Waals surface area contributed by atoms with Crippen LogP contribution in [0.3, 0.4) is 0 Å². The summed E-state index contributed by atoms with van der Waals surface area (Å²) in [6.07, 6.45) is 0. The SMILES string of the molecule is Fc1c(Br)cc2c(c1Cl)OCCO2. The Hall–Kier alpha value is -0.480. The Morgan fingerprint density at radius 2 is 2.08 bits per heavy atom. The molecule has 0 bridgehead atoms. The smallest absolute Gasteiger partial charge is 0.183 e. The van der Waals surface area contributed by atoms with Crippen LogP contribution in [0.5, 0.6) is 11.5 Å². The second kappa shape index (κ2) is 3.35. The number of benzene rings is 1. The summed E-state index contributed by atoms with van der Waals surface area (Å²) in [4.78, 5) is 0. The number of hydrogen-bond donors (Lipinski definition) is 0. The van der Waals surface area contributed by atoms with E-state index in [9.17, 15) is 4.39 Å². The van der Waals surface area contributed by atoms with Gasteiger partial charge in [-0.25, -0.2) is 4.39 Å². The van der Waals surface area contributed by atoms with Crippen molar-refractivity contribution < 1.29 is 13.9 Å². The third-order valence-electron chi connectivity index (χ3n) is 1.67. The van der Waals surface area contributed by atoms with Gasteiger partial charge in [-0.05, 0) is 15.9 Å². The molecule has 0 N–H and O–H groups in total. The fraction of sp³-hybridized carbons (Fsp3) is 0.250. The van der Waals surface area contributed by atoms with Crippen LogP contribution in [0, 0.1) is 5.82 Å². The normalized spacial score (nSPS) is 14.4. The van der Waals surface area contributed by atoms with Gasteiger partial charge in [-0.1, -0.05) is 11.6 Å². The molecule has 0 saturated carbocycles. The van der Waals surface area contributed by atoms with Crippen molar-refractivity contribution in [3.8, 4) is 11.5 Å². The molecular formula is C8H5BrClFO2. The van der Waals surface area contributed by atoms with Crippen LogP contribution in [0.1, 0.15) is 0 Å². The van der Waals surface area contributed by atoms with Gasteiger partial charge in [0.2, 0.25) is 0 Å². The first-order valence-electron chi connectivity index (χ1n) is 3.63. The highest BCUT2D eigenvalue weighted by Crippen LogP contribution is 2.42. The van der Waals surface area contributed by atoms with Crippen molar-refractivity contribution >= 4 is 27.5 Å². The molecule has 0 unspecified atom stereocenters. The van der Waals surface area contributed by atoms with Crippen molar-refractivity contribution in [2.24, 2.45) is 0 Å². The second-order valence-corrected chi connectivity index (χ2v) is 3.74. The molecule has 0 fully saturated rings. The van der Waals surface area contributed by atoms with E-state index in [0.29, 0.717) is 19.0 Å². The van der Waals surface area contributed by atoms with Gasteiger partial charge in [-0.2, -0.15) is 0 Å². The predicted octanol–water partition coefficient (Wildman–Crippen LogP) is 3.01. The van der Waals surface area contributed by atoms with Crippen molar-refractivity contribution in [2.75, 3.05) is 13.2 Å². The summed E-state index contributed by atoms with van der Waals surface area (Å²) in [6.45, 7) is 0.856. The van der Waals surface area contributed by atoms with E-state index in [2.05, 4.69) is 15.9 Å². The van der Waals surface area contributed by atoms with E-state index in [1.54, 1.807) is 0 Å². The number of hydrogen-bond acceptors (Lipinski definition) is 2. The van der Waals surface area contributed by atoms with Gasteiger partial charge in [0, 0.05) is 6.07 Å². The van der Waals surface area contributed by atoms with Crippen LogP contribution in [0.25, 0.3) is 0 Å². The Morgan fingerprint density at radius 1 is 1.38 bits per heavy atom. The van der Waals surface area contributed by atoms with E-state index in [1.165, 1.54) is 6.07 Å². The topological polar surface area (TPSA) is 18.5 Å². The van der Waals surface area contributed by atoms with Gasteiger partial charge < -0.3 is 9.47 Å². The second-order valence-electron chi connectivity index (χ2n) is 2.51. The van der Waals surface area contributed by atoms with E-state index in [0.717, 1.165) is 0 Å². The zero-order valence-corrected chi connectivity index (χ0v) is 8.78. The molecular weight excluding hydrogens is 262 g/mol. The minimum absolute atomic E-state index is 0.0379. The molecule has 0 atom stereocenters. The van der Waals surface area contributed by atoms with Gasteiger partial charge in [0.25, 0.3) is 0 Å². The lowest BCUT2D eigenvalue weighted by Crippen LogP contribution is -2.16. The Labute approximate surface area is 87.7 Å². The average molecular weight is 267 g/mol. The van der Waals surface area contributed by atoms with Gasteiger partial charge in [0.05, 0.1) is 4.47 Å². The molecule has 70 valence electrons. The maximum Gasteiger partial charge on any atom is 0.183 e. The quantitative estimate of drug-likeness (QED) is 0.673. The number of rotatable bonds is 0. The van der Waals surface area contributed by atoms with Crippen LogP contribution in [0.4, 0.5) is 4.39 Å². The lowest BCUT2D eigenvalue weighted by atomic mass is 10.3. The Balaban J connectivity index is 2.60. The molecule has 0 spiro atoms. The van der Waals surface area contributed by atoms with Crippen molar-refractivity contribution in [2.45, 2.75) is 0 Å². The van der Waals surface area contributed by atoms with E-state index < -0.39 is 5.82 Å². The van der Waals surface area contributed by atoms with Crippen LogP contribution in [-0.2, 0) is 0 Å². The predicted molar refractivity (Wildman–Crippen MR) is 50.1 cm³/mol. The van der Waals surface area contributed by atoms with E-state index in [-0.39, 0.29) is 15.2 Å². The van der Waals surface area contributed by atoms with Crippen molar-refractivity contribution in [1.82, 2.24) is 0 Å². The Bertz CT molecular complexity index is 356. The van der Waals surface area contributed by atoms with E-state index >= 15 is 0 Å². The third kappa shape index (κ3) is 1.48. The van der Waals surface area contributed by atoms with Gasteiger partial charge in [0.15, 0.2) is 17.3 Å². The summed E-state index contributed by atoms with van der Waals surface area (Å²) in [7, 11) is 0. The van der Waals surface area contributed by atoms with Crippen molar-refractivity contribution in [3.05, 3.63) is 21.4 Å². The van der Waals surface area contributed by atoms with Crippen molar-refractivity contribution in [1.29, 1.82) is 0 Å². The Kier molecular flexibility index (Phi) is 2.34. The monoisotopic (exact) mass is 266 g/mol. The zero-order valence-electron chi connectivity index (χ0n) is 6.44. The summed E-state index contributed by atoms with van der Waals surface area (Å²) in [5.74, 6) is 0.240. The molecule has 1 aliphatic heterocycles. The molecule has 2 nitrogen and oxygen atoms in total. The number of halogens is 3. The standard InChI is InChI=1S/C8H5BrClFO2/c9-4-3-5-8(6(10)7(4)11)13-2-1-12-5/h3H,1-2H2. The summed E-state index contributed by atoms with van der Waals surface area (Å²) in [5, 5.41) is -0.0379. The minimum Gasteiger partial charge on any atom is -0.486 e. The third-order valence-corrected chi connectivity index (χ3v) is 2.59. The molecule has 5 heteroatoms. The molecule has 0 saturated heterocycles. The van der Waals surface area contributed by atoms with Gasteiger partial charge >= 0.3 is 0 Å². The highest BCUT2D eigenvalue weighted by molar-refractivity contribution is 9.10. The fourth-order valence-corrected chi connectivity index (χ4v) is 1.86. The van der Waals surface area contributed by atoms with Crippen LogP contribution in [0.2, 0.25) is 5.02 Å². The van der Waals surface area contributed by atoms with Crippen LogP contribution in [-0.4, -0.2) is 13.2 Å². The first-order valence-corrected chi connectivity index (χ1v) is 4.80. The number of ether oxygens (including phenoxy) is 2. The first-order chi connectivity index (χ1) is 6.20. The minimum atomic E-state index is -0.522. The van der Waals surface area contributed by atoms with Crippen molar-refractivity contribution in [3.63, 3.8) is 0 Å². The zero-order chi connectivity index (χ0) is 9.42. The van der Waals surface area contributed by atoms with Crippen LogP contribution < -0.4 is 9.47 Å². The summed E-state index contributed by atoms with van der Waals surface area (Å²) >= 11 is 8.74. The molecule has 2 rings (SSSR count). The summed E-state index contributed by atoms with van der Waals surface area (Å²) in [5.41, 5.74) is 0. The molecule has 13 heavy (non-hydrogen) atoms. The maximum atomic E-state index is 13.2. The van der Waals surface area contributed by atoms with Gasteiger partial charge in [-0.15, -0.1) is 0 Å². The van der Waals surface area contributed by atoms with E-state index in [1.807, 2.05) is 0 Å². The van der Waals surface area contributed by atoms with E-state index in [4.69, 9.17) is 21.1 Å². The van der Waals surface area contributed by atoms with Gasteiger partial charge in [-0.3, -0.25) is 0 Å². The first kappa shape index (κ1) is 9.09. The lowest BCUT2D eigenvalue weighted by molar-refractivity contribution is 0.170. The molecule has 0 aromatic heterocycles. The largest absolute Gasteiger partial charge is 0.486 e. The highest BCUT2D eigenvalue weighted by atomic mass is 79.9. The molecule has 1 aromatic rings. The number of fused-ring (bicyclic) bond motifs is 1. The maximum absolute atomic E-state index is 13.2. The molecule has 1 aromatic carbocycles. The molecule has 0 radical (unpaired) electrons. The highest BCUT2D eigenvalue weighted by Gasteiger charge is 2.20. The lowest BCUT2D eigenvalue weighted by Gasteiger charge is -2.19. The van der Waals surface area contributed by atoms with Crippen LogP contribution in [0.15, 0.2) is 10.5 Å². The van der Waals surface area contributed by atoms with Gasteiger partial charge in [0.1, 0.15) is 18.2 Å². The average Bonchev–Trinajstić information content (AvgIpc) is 2.15. The Morgan fingerprint density at radius 3 is 2.85 bits per heavy atom. The summed E-state index contributed by atoms with van der Waals surface area (Å²) in [6, 6.07) is 1.51. The fourth-order valence-electron chi connectivity index (χ4n) is 1.09. The molecule has 0 aliphatic carbocycles.